The van der Waals surface area contributed by atoms with Crippen LogP contribution < -0.4 is 34.6 Å². The zero-order valence-corrected chi connectivity index (χ0v) is 21.8. The van der Waals surface area contributed by atoms with Gasteiger partial charge in [0, 0.05) is 35.5 Å². The fraction of sp³-hybridized carbons (Fsp3) is 0.556. The van der Waals surface area contributed by atoms with Gasteiger partial charge >= 0.3 is 0 Å². The normalized spacial score (nSPS) is 21.3. The number of quaternary nitrogens is 2. The molecule has 2 aromatic heterocycles. The van der Waals surface area contributed by atoms with Crippen LogP contribution in [0.2, 0.25) is 0 Å². The highest BCUT2D eigenvalue weighted by Crippen LogP contribution is 2.30. The molecule has 2 aromatic rings. The highest BCUT2D eigenvalue weighted by atomic mass is 35.5. The van der Waals surface area contributed by atoms with E-state index in [1.54, 1.807) is 9.80 Å². The van der Waals surface area contributed by atoms with Gasteiger partial charge in [0.25, 0.3) is 0 Å². The number of aromatic nitrogens is 4. The Morgan fingerprint density at radius 3 is 1.60 bits per heavy atom. The van der Waals surface area contributed by atoms with Gasteiger partial charge in [-0.15, -0.1) is 23.5 Å². The summed E-state index contributed by atoms with van der Waals surface area (Å²) < 4.78 is 18.2. The van der Waals surface area contributed by atoms with E-state index >= 15 is 0 Å². The average Bonchev–Trinajstić information content (AvgIpc) is 3.35. The Kier molecular flexibility index (Phi) is 11.1. The number of likely N-dealkylation sites (N-methyl/N-ethyl adjacent to an activating group) is 2. The number of nitrogens with one attached hydrogen (secondary N) is 2. The molecular formula is C18H26Cl2N6S4. The molecule has 2 N–H and O–H groups in total. The van der Waals surface area contributed by atoms with E-state index in [4.69, 9.17) is 0 Å². The average molecular weight is 526 g/mol. The van der Waals surface area contributed by atoms with Gasteiger partial charge in [-0.25, -0.2) is 0 Å². The summed E-state index contributed by atoms with van der Waals surface area (Å²) in [6, 6.07) is 0. The summed E-state index contributed by atoms with van der Waals surface area (Å²) in [4.78, 5) is 3.09. The molecule has 0 fully saturated rings. The fourth-order valence-electron chi connectivity index (χ4n) is 3.54. The molecule has 2 aliphatic heterocycles. The number of hydrogen-bond acceptors (Lipinski definition) is 8. The lowest BCUT2D eigenvalue weighted by molar-refractivity contribution is -0.872. The molecule has 0 aliphatic carbocycles. The summed E-state index contributed by atoms with van der Waals surface area (Å²) in [5.74, 6) is 2.00. The minimum absolute atomic E-state index is 0. The third-order valence-corrected chi connectivity index (χ3v) is 8.47. The molecule has 0 saturated carbocycles. The van der Waals surface area contributed by atoms with E-state index < -0.39 is 0 Å². The Bertz CT molecular complexity index is 798. The van der Waals surface area contributed by atoms with Gasteiger partial charge in [-0.1, -0.05) is 12.2 Å². The summed E-state index contributed by atoms with van der Waals surface area (Å²) in [7, 11) is 4.49. The largest absolute Gasteiger partial charge is 1.00 e. The standard InChI is InChI=1S/C18H24N6S4.2ClH/c1-23-7-3-5-13(11-23)15-17(21-27-19-15)25-9-10-26-18-16(20-28-22-18)14-6-4-8-24(2)12-14;;/h5-6H,3-4,7-12H2,1-2H3;2*1H. The number of halogens is 2. The van der Waals surface area contributed by atoms with Gasteiger partial charge in [0.05, 0.1) is 50.6 Å². The smallest absolute Gasteiger partial charge is 0.138 e. The molecule has 0 spiro atoms. The predicted octanol–water partition coefficient (Wildman–Crippen LogP) is -5.11. The summed E-state index contributed by atoms with van der Waals surface area (Å²) in [6.07, 6.45) is 6.94. The third-order valence-electron chi connectivity index (χ3n) is 4.99. The van der Waals surface area contributed by atoms with Crippen LogP contribution in [0.4, 0.5) is 0 Å². The minimum atomic E-state index is 0. The number of nitrogens with zero attached hydrogens (tertiary/aromatic N) is 4. The second-order valence-corrected chi connectivity index (χ2v) is 10.6. The summed E-state index contributed by atoms with van der Waals surface area (Å²) in [5.41, 5.74) is 4.92. The Morgan fingerprint density at radius 1 is 0.767 bits per heavy atom. The first kappa shape index (κ1) is 26.1. The third kappa shape index (κ3) is 6.65. The van der Waals surface area contributed by atoms with Gasteiger partial charge in [-0.2, -0.15) is 17.5 Å². The molecule has 0 aromatic carbocycles. The molecule has 4 heterocycles. The molecule has 0 saturated heterocycles. The maximum absolute atomic E-state index is 4.58. The van der Waals surface area contributed by atoms with E-state index in [0.717, 1.165) is 58.9 Å². The van der Waals surface area contributed by atoms with Gasteiger partial charge in [-0.05, 0) is 0 Å². The van der Waals surface area contributed by atoms with Crippen LogP contribution in [0.1, 0.15) is 24.2 Å². The zero-order valence-electron chi connectivity index (χ0n) is 17.0. The van der Waals surface area contributed by atoms with Crippen molar-refractivity contribution in [3.05, 3.63) is 23.5 Å². The topological polar surface area (TPSA) is 60.4 Å². The highest BCUT2D eigenvalue weighted by Gasteiger charge is 2.21. The number of thioether (sulfide) groups is 2. The van der Waals surface area contributed by atoms with Crippen molar-refractivity contribution in [3.8, 4) is 0 Å². The van der Waals surface area contributed by atoms with E-state index in [1.807, 2.05) is 23.5 Å². The summed E-state index contributed by atoms with van der Waals surface area (Å²) in [5, 5.41) is 2.17. The first-order valence-corrected chi connectivity index (χ1v) is 13.1. The summed E-state index contributed by atoms with van der Waals surface area (Å²) in [6.45, 7) is 4.51. The second-order valence-electron chi connectivity index (χ2n) is 7.34. The molecule has 2 aliphatic rings. The van der Waals surface area contributed by atoms with Crippen LogP contribution in [0.25, 0.3) is 11.1 Å². The number of hydrogen-bond donors (Lipinski definition) is 2. The van der Waals surface area contributed by atoms with Crippen LogP contribution in [0.5, 0.6) is 0 Å². The van der Waals surface area contributed by atoms with Crippen LogP contribution in [0.3, 0.4) is 0 Å². The lowest BCUT2D eigenvalue weighted by Crippen LogP contribution is -3.09. The molecule has 166 valence electrons. The Hall–Kier alpha value is -0.200. The first-order chi connectivity index (χ1) is 13.7. The van der Waals surface area contributed by atoms with E-state index in [0.29, 0.717) is 0 Å². The molecule has 0 amide bonds. The Morgan fingerprint density at radius 2 is 1.20 bits per heavy atom. The quantitative estimate of drug-likeness (QED) is 0.279. The maximum atomic E-state index is 4.58. The van der Waals surface area contributed by atoms with Crippen molar-refractivity contribution in [2.75, 3.05) is 51.8 Å². The van der Waals surface area contributed by atoms with E-state index in [1.165, 1.54) is 47.7 Å². The van der Waals surface area contributed by atoms with Gasteiger partial charge in [0.15, 0.2) is 0 Å². The van der Waals surface area contributed by atoms with Gasteiger partial charge in [0.1, 0.15) is 34.5 Å². The molecule has 30 heavy (non-hydrogen) atoms. The molecule has 0 radical (unpaired) electrons. The molecule has 2 unspecified atom stereocenters. The molecule has 6 nitrogen and oxygen atoms in total. The van der Waals surface area contributed by atoms with E-state index in [2.05, 4.69) is 43.7 Å². The monoisotopic (exact) mass is 524 g/mol. The SMILES string of the molecule is C[NH+]1CCC=C(c2nsnc2SCCSc2nsnc2C2=CCC[NH+](C)C2)C1.[Cl-].[Cl-]. The van der Waals surface area contributed by atoms with Gasteiger partial charge in [-0.3, -0.25) is 0 Å². The van der Waals surface area contributed by atoms with Crippen LogP contribution in [-0.4, -0.2) is 69.3 Å². The van der Waals surface area contributed by atoms with Crippen LogP contribution >= 0.6 is 47.0 Å². The fourth-order valence-corrected chi connectivity index (χ4v) is 6.93. The molecular weight excluding hydrogens is 499 g/mol. The van der Waals surface area contributed by atoms with Crippen molar-refractivity contribution >= 4 is 58.1 Å². The van der Waals surface area contributed by atoms with E-state index in [-0.39, 0.29) is 24.8 Å². The molecule has 0 bridgehead atoms. The predicted molar refractivity (Wildman–Crippen MR) is 120 cm³/mol. The molecule has 12 heteroatoms. The van der Waals surface area contributed by atoms with Crippen molar-refractivity contribution in [2.24, 2.45) is 0 Å². The molecule has 4 rings (SSSR count). The van der Waals surface area contributed by atoms with E-state index in [9.17, 15) is 0 Å². The van der Waals surface area contributed by atoms with Crippen LogP contribution in [-0.2, 0) is 0 Å². The van der Waals surface area contributed by atoms with Crippen LogP contribution in [0, 0.1) is 0 Å². The molecule has 2 atom stereocenters. The zero-order chi connectivity index (χ0) is 19.3. The lowest BCUT2D eigenvalue weighted by Gasteiger charge is -2.19. The second kappa shape index (κ2) is 12.7. The first-order valence-electron chi connectivity index (χ1n) is 9.63. The van der Waals surface area contributed by atoms with Crippen molar-refractivity contribution < 1.29 is 34.6 Å². The highest BCUT2D eigenvalue weighted by molar-refractivity contribution is 8.03. The Labute approximate surface area is 207 Å². The van der Waals surface area contributed by atoms with Crippen LogP contribution in [0.15, 0.2) is 22.2 Å². The minimum Gasteiger partial charge on any atom is -1.00 e. The Balaban J connectivity index is 0.00000160. The van der Waals surface area contributed by atoms with Gasteiger partial charge < -0.3 is 34.6 Å². The maximum Gasteiger partial charge on any atom is 0.138 e. The lowest BCUT2D eigenvalue weighted by atomic mass is 10.1. The number of rotatable bonds is 7. The van der Waals surface area contributed by atoms with Crippen molar-refractivity contribution in [2.45, 2.75) is 22.9 Å². The van der Waals surface area contributed by atoms with Crippen molar-refractivity contribution in [3.63, 3.8) is 0 Å². The van der Waals surface area contributed by atoms with Crippen molar-refractivity contribution in [1.29, 1.82) is 0 Å². The summed E-state index contributed by atoms with van der Waals surface area (Å²) >= 11 is 6.29. The van der Waals surface area contributed by atoms with Gasteiger partial charge in [0.2, 0.25) is 0 Å². The van der Waals surface area contributed by atoms with Crippen molar-refractivity contribution in [1.82, 2.24) is 17.5 Å².